The van der Waals surface area contributed by atoms with E-state index in [-0.39, 0.29) is 29.9 Å². The highest BCUT2D eigenvalue weighted by Crippen LogP contribution is 2.28. The van der Waals surface area contributed by atoms with E-state index in [1.807, 2.05) is 0 Å². The van der Waals surface area contributed by atoms with Gasteiger partial charge in [-0.05, 0) is 24.1 Å². The highest BCUT2D eigenvalue weighted by Gasteiger charge is 2.07. The van der Waals surface area contributed by atoms with E-state index in [1.165, 1.54) is 12.1 Å². The van der Waals surface area contributed by atoms with Gasteiger partial charge in [0.15, 0.2) is 11.5 Å². The van der Waals surface area contributed by atoms with E-state index >= 15 is 0 Å². The fraction of sp³-hybridized carbons (Fsp3) is 0.400. The van der Waals surface area contributed by atoms with Gasteiger partial charge in [0.25, 0.3) is 0 Å². The second-order valence-corrected chi connectivity index (χ2v) is 3.14. The zero-order chi connectivity index (χ0) is 9.84. The van der Waals surface area contributed by atoms with Crippen molar-refractivity contribution in [2.75, 3.05) is 0 Å². The Morgan fingerprint density at radius 3 is 2.43 bits per heavy atom. The number of nitrogens with two attached hydrogens (primary N) is 1. The first-order valence-corrected chi connectivity index (χ1v) is 4.42. The van der Waals surface area contributed by atoms with Crippen molar-refractivity contribution in [2.45, 2.75) is 25.8 Å². The fourth-order valence-corrected chi connectivity index (χ4v) is 1.25. The van der Waals surface area contributed by atoms with Crippen LogP contribution in [-0.2, 0) is 0 Å². The van der Waals surface area contributed by atoms with Gasteiger partial charge in [-0.3, -0.25) is 0 Å². The summed E-state index contributed by atoms with van der Waals surface area (Å²) in [6.07, 6.45) is 1.88. The van der Waals surface area contributed by atoms with Crippen LogP contribution in [0.3, 0.4) is 0 Å². The van der Waals surface area contributed by atoms with Crippen LogP contribution in [0.1, 0.15) is 31.4 Å². The quantitative estimate of drug-likeness (QED) is 0.681. The Kier molecular flexibility index (Phi) is 5.35. The fourth-order valence-electron chi connectivity index (χ4n) is 1.25. The number of halogens is 1. The number of hydrogen-bond donors (Lipinski definition) is 3. The molecule has 0 radical (unpaired) electrons. The Labute approximate surface area is 90.0 Å². The molecule has 1 aromatic rings. The van der Waals surface area contributed by atoms with Crippen LogP contribution in [0.4, 0.5) is 0 Å². The lowest BCUT2D eigenvalue weighted by molar-refractivity contribution is 0.402. The average molecular weight is 218 g/mol. The SMILES string of the molecule is CCC[C@@H](N)c1ccc(O)c(O)c1.Cl. The molecule has 0 fully saturated rings. The van der Waals surface area contributed by atoms with E-state index in [4.69, 9.17) is 10.8 Å². The molecule has 0 spiro atoms. The van der Waals surface area contributed by atoms with Gasteiger partial charge in [-0.1, -0.05) is 19.4 Å². The second-order valence-electron chi connectivity index (χ2n) is 3.14. The van der Waals surface area contributed by atoms with Crippen molar-refractivity contribution >= 4 is 12.4 Å². The summed E-state index contributed by atoms with van der Waals surface area (Å²) in [5.41, 5.74) is 6.69. The zero-order valence-electron chi connectivity index (χ0n) is 8.10. The van der Waals surface area contributed by atoms with Crippen LogP contribution >= 0.6 is 12.4 Å². The standard InChI is InChI=1S/C10H15NO2.ClH/c1-2-3-8(11)7-4-5-9(12)10(13)6-7;/h4-6,8,12-13H,2-3,11H2,1H3;1H/t8-;/m1./s1. The van der Waals surface area contributed by atoms with E-state index in [1.54, 1.807) is 6.07 Å². The van der Waals surface area contributed by atoms with Crippen LogP contribution < -0.4 is 5.73 Å². The van der Waals surface area contributed by atoms with Crippen molar-refractivity contribution in [3.8, 4) is 11.5 Å². The van der Waals surface area contributed by atoms with Crippen molar-refractivity contribution in [3.05, 3.63) is 23.8 Å². The third-order valence-corrected chi connectivity index (χ3v) is 2.03. The molecule has 3 nitrogen and oxygen atoms in total. The number of hydrogen-bond acceptors (Lipinski definition) is 3. The molecule has 0 saturated carbocycles. The third kappa shape index (κ3) is 3.09. The van der Waals surface area contributed by atoms with Crippen molar-refractivity contribution in [3.63, 3.8) is 0 Å². The summed E-state index contributed by atoms with van der Waals surface area (Å²) >= 11 is 0. The molecule has 1 aromatic carbocycles. The molecule has 4 N–H and O–H groups in total. The van der Waals surface area contributed by atoms with E-state index in [0.29, 0.717) is 0 Å². The number of phenols is 2. The van der Waals surface area contributed by atoms with Gasteiger partial charge < -0.3 is 15.9 Å². The minimum Gasteiger partial charge on any atom is -0.504 e. The van der Waals surface area contributed by atoms with E-state index < -0.39 is 0 Å². The minimum atomic E-state index is -0.107. The van der Waals surface area contributed by atoms with Crippen molar-refractivity contribution < 1.29 is 10.2 Å². The average Bonchev–Trinajstić information content (AvgIpc) is 2.10. The molecule has 80 valence electrons. The predicted octanol–water partition coefficient (Wildman–Crippen LogP) is 2.32. The van der Waals surface area contributed by atoms with Crippen molar-refractivity contribution in [2.24, 2.45) is 5.73 Å². The van der Waals surface area contributed by atoms with Gasteiger partial charge in [-0.15, -0.1) is 12.4 Å². The smallest absolute Gasteiger partial charge is 0.157 e. The van der Waals surface area contributed by atoms with Crippen LogP contribution in [0.5, 0.6) is 11.5 Å². The van der Waals surface area contributed by atoms with Gasteiger partial charge in [-0.2, -0.15) is 0 Å². The van der Waals surface area contributed by atoms with Gasteiger partial charge in [0.2, 0.25) is 0 Å². The first-order valence-electron chi connectivity index (χ1n) is 4.42. The normalized spacial score (nSPS) is 11.9. The highest BCUT2D eigenvalue weighted by atomic mass is 35.5. The van der Waals surface area contributed by atoms with Crippen LogP contribution in [0.25, 0.3) is 0 Å². The van der Waals surface area contributed by atoms with Crippen molar-refractivity contribution in [1.82, 2.24) is 0 Å². The summed E-state index contributed by atoms with van der Waals surface area (Å²) in [7, 11) is 0. The molecule has 0 aliphatic carbocycles. The highest BCUT2D eigenvalue weighted by molar-refractivity contribution is 5.85. The Morgan fingerprint density at radius 1 is 1.29 bits per heavy atom. The summed E-state index contributed by atoms with van der Waals surface area (Å²) in [5, 5.41) is 18.3. The number of phenolic OH excluding ortho intramolecular Hbond substituents is 2. The first-order chi connectivity index (χ1) is 6.15. The summed E-state index contributed by atoms with van der Waals surface area (Å²) in [5.74, 6) is -0.212. The lowest BCUT2D eigenvalue weighted by Gasteiger charge is -2.11. The van der Waals surface area contributed by atoms with Crippen LogP contribution in [0.15, 0.2) is 18.2 Å². The molecular formula is C10H16ClNO2. The maximum Gasteiger partial charge on any atom is 0.157 e. The Bertz CT molecular complexity index is 291. The largest absolute Gasteiger partial charge is 0.504 e. The Hall–Kier alpha value is -0.930. The molecule has 14 heavy (non-hydrogen) atoms. The first kappa shape index (κ1) is 13.1. The lowest BCUT2D eigenvalue weighted by Crippen LogP contribution is -2.09. The summed E-state index contributed by atoms with van der Waals surface area (Å²) in [6.45, 7) is 2.06. The topological polar surface area (TPSA) is 66.5 Å². The Balaban J connectivity index is 0.00000169. The predicted molar refractivity (Wildman–Crippen MR) is 58.9 cm³/mol. The minimum absolute atomic E-state index is 0. The zero-order valence-corrected chi connectivity index (χ0v) is 8.92. The monoisotopic (exact) mass is 217 g/mol. The number of rotatable bonds is 3. The molecule has 1 atom stereocenters. The molecular weight excluding hydrogens is 202 g/mol. The molecule has 0 saturated heterocycles. The number of aromatic hydroxyl groups is 2. The lowest BCUT2D eigenvalue weighted by atomic mass is 10.0. The molecule has 0 unspecified atom stereocenters. The molecule has 0 aliphatic rings. The summed E-state index contributed by atoms with van der Waals surface area (Å²) in [4.78, 5) is 0. The van der Waals surface area contributed by atoms with Crippen LogP contribution in [0, 0.1) is 0 Å². The van der Waals surface area contributed by atoms with Crippen molar-refractivity contribution in [1.29, 1.82) is 0 Å². The third-order valence-electron chi connectivity index (χ3n) is 2.03. The van der Waals surface area contributed by atoms with Gasteiger partial charge >= 0.3 is 0 Å². The Morgan fingerprint density at radius 2 is 1.93 bits per heavy atom. The second kappa shape index (κ2) is 5.73. The molecule has 4 heteroatoms. The van der Waals surface area contributed by atoms with E-state index in [2.05, 4.69) is 6.92 Å². The summed E-state index contributed by atoms with van der Waals surface area (Å²) in [6, 6.07) is 4.64. The van der Waals surface area contributed by atoms with Gasteiger partial charge in [0.1, 0.15) is 0 Å². The molecule has 1 rings (SSSR count). The van der Waals surface area contributed by atoms with Crippen LogP contribution in [0.2, 0.25) is 0 Å². The maximum absolute atomic E-state index is 9.21. The molecule has 0 amide bonds. The molecule has 0 bridgehead atoms. The van der Waals surface area contributed by atoms with Gasteiger partial charge in [-0.25, -0.2) is 0 Å². The summed E-state index contributed by atoms with van der Waals surface area (Å²) < 4.78 is 0. The van der Waals surface area contributed by atoms with Gasteiger partial charge in [0, 0.05) is 6.04 Å². The van der Waals surface area contributed by atoms with Crippen LogP contribution in [-0.4, -0.2) is 10.2 Å². The molecule has 0 heterocycles. The van der Waals surface area contributed by atoms with E-state index in [9.17, 15) is 5.11 Å². The molecule has 0 aromatic heterocycles. The molecule has 0 aliphatic heterocycles. The maximum atomic E-state index is 9.21. The van der Waals surface area contributed by atoms with E-state index in [0.717, 1.165) is 18.4 Å². The number of benzene rings is 1. The van der Waals surface area contributed by atoms with Gasteiger partial charge in [0.05, 0.1) is 0 Å².